The van der Waals surface area contributed by atoms with Gasteiger partial charge in [0, 0.05) is 34.3 Å². The van der Waals surface area contributed by atoms with Crippen LogP contribution in [-0.2, 0) is 6.54 Å². The minimum atomic E-state index is 0.745. The predicted molar refractivity (Wildman–Crippen MR) is 127 cm³/mol. The van der Waals surface area contributed by atoms with Crippen LogP contribution in [0.5, 0.6) is 5.75 Å². The highest BCUT2D eigenvalue weighted by Gasteiger charge is 2.19. The Morgan fingerprint density at radius 2 is 1.93 bits per heavy atom. The zero-order valence-electron chi connectivity index (χ0n) is 17.1. The van der Waals surface area contributed by atoms with Crippen molar-refractivity contribution >= 4 is 39.9 Å². The number of aryl methyl sites for hydroxylation is 1. The molecule has 0 aliphatic carbocycles. The number of aliphatic imine (C=N–C) groups is 1. The van der Waals surface area contributed by atoms with Crippen LogP contribution < -0.4 is 10.2 Å². The number of rotatable bonds is 5. The molecular weight excluding hydrogens is 416 g/mol. The molecule has 1 aliphatic rings. The topological polar surface area (TPSA) is 50.9 Å². The van der Waals surface area contributed by atoms with E-state index in [1.165, 1.54) is 11.4 Å². The lowest BCUT2D eigenvalue weighted by atomic mass is 10.1. The second-order valence-corrected chi connectivity index (χ2v) is 8.41. The van der Waals surface area contributed by atoms with Gasteiger partial charge in [0.1, 0.15) is 5.75 Å². The molecule has 0 unspecified atom stereocenters. The smallest absolute Gasteiger partial charge is 0.182 e. The van der Waals surface area contributed by atoms with Crippen LogP contribution in [0.25, 0.3) is 0 Å². The molecule has 2 heterocycles. The Hall–Kier alpha value is -2.70. The number of hydrogen-bond donors (Lipinski definition) is 1. The van der Waals surface area contributed by atoms with E-state index in [1.807, 2.05) is 42.5 Å². The predicted octanol–water partition coefficient (Wildman–Crippen LogP) is 5.54. The first-order valence-electron chi connectivity index (χ1n) is 9.64. The van der Waals surface area contributed by atoms with Gasteiger partial charge in [-0.2, -0.15) is 5.10 Å². The van der Waals surface area contributed by atoms with Gasteiger partial charge in [0.05, 0.1) is 18.5 Å². The molecule has 4 rings (SSSR count). The van der Waals surface area contributed by atoms with Crippen molar-refractivity contribution in [2.75, 3.05) is 12.9 Å². The third kappa shape index (κ3) is 4.40. The van der Waals surface area contributed by atoms with E-state index in [0.29, 0.717) is 0 Å². The van der Waals surface area contributed by atoms with E-state index in [2.05, 4.69) is 46.1 Å². The van der Waals surface area contributed by atoms with Gasteiger partial charge in [-0.25, -0.2) is 4.99 Å². The number of ether oxygens (including phenoxy) is 1. The molecule has 1 aliphatic heterocycles. The molecule has 3 aromatic rings. The minimum Gasteiger partial charge on any atom is -0.497 e. The summed E-state index contributed by atoms with van der Waals surface area (Å²) in [6.45, 7) is 5.00. The Balaban J connectivity index is 1.52. The van der Waals surface area contributed by atoms with E-state index in [1.54, 1.807) is 18.9 Å². The molecule has 1 aromatic heterocycles. The second-order valence-electron chi connectivity index (χ2n) is 7.04. The minimum absolute atomic E-state index is 0.745. The van der Waals surface area contributed by atoms with Crippen molar-refractivity contribution in [2.45, 2.75) is 20.4 Å². The van der Waals surface area contributed by atoms with E-state index >= 15 is 0 Å². The van der Waals surface area contributed by atoms with E-state index in [0.717, 1.165) is 50.8 Å². The number of amidine groups is 1. The summed E-state index contributed by atoms with van der Waals surface area (Å²) >= 11 is 8.01. The molecule has 7 heteroatoms. The van der Waals surface area contributed by atoms with E-state index in [-0.39, 0.29) is 0 Å². The lowest BCUT2D eigenvalue weighted by Gasteiger charge is -2.16. The van der Waals surface area contributed by atoms with Gasteiger partial charge in [0.15, 0.2) is 5.17 Å². The van der Waals surface area contributed by atoms with Gasteiger partial charge in [-0.1, -0.05) is 41.6 Å². The van der Waals surface area contributed by atoms with Crippen LogP contribution in [0, 0.1) is 13.8 Å². The number of thioether (sulfide) groups is 1. The average molecular weight is 439 g/mol. The molecule has 5 nitrogen and oxygen atoms in total. The molecule has 2 aromatic carbocycles. The number of nitrogens with zero attached hydrogens (tertiary/aromatic N) is 3. The summed E-state index contributed by atoms with van der Waals surface area (Å²) in [5.74, 6) is 1.58. The first-order valence-corrected chi connectivity index (χ1v) is 11.0. The van der Waals surface area contributed by atoms with Crippen LogP contribution in [0.4, 0.5) is 5.69 Å². The molecule has 0 bridgehead atoms. The van der Waals surface area contributed by atoms with Crippen molar-refractivity contribution in [1.29, 1.82) is 0 Å². The number of nitrogens with one attached hydrogen (secondary N) is 1. The molecule has 0 saturated carbocycles. The normalized spacial score (nSPS) is 15.1. The molecule has 0 atom stereocenters. The summed E-state index contributed by atoms with van der Waals surface area (Å²) in [5.41, 5.74) is 9.62. The molecule has 0 saturated heterocycles. The number of hydrazone groups is 1. The highest BCUT2D eigenvalue weighted by atomic mass is 35.5. The number of hydrogen-bond acceptors (Lipinski definition) is 4. The van der Waals surface area contributed by atoms with Crippen LogP contribution >= 0.6 is 23.4 Å². The zero-order valence-corrected chi connectivity index (χ0v) is 18.7. The molecule has 1 N–H and O–H groups in total. The van der Waals surface area contributed by atoms with Gasteiger partial charge in [-0.15, -0.1) is 0 Å². The Morgan fingerprint density at radius 3 is 2.60 bits per heavy atom. The Labute approximate surface area is 185 Å². The maximum atomic E-state index is 6.36. The Bertz CT molecular complexity index is 1120. The van der Waals surface area contributed by atoms with Gasteiger partial charge < -0.3 is 9.30 Å². The van der Waals surface area contributed by atoms with Crippen LogP contribution in [-0.4, -0.2) is 28.3 Å². The fourth-order valence-electron chi connectivity index (χ4n) is 3.42. The summed E-state index contributed by atoms with van der Waals surface area (Å²) in [7, 11) is 1.65. The lowest BCUT2D eigenvalue weighted by molar-refractivity contribution is 0.415. The van der Waals surface area contributed by atoms with Crippen molar-refractivity contribution < 1.29 is 4.74 Å². The number of methoxy groups -OCH3 is 1. The van der Waals surface area contributed by atoms with E-state index in [4.69, 9.17) is 16.3 Å². The van der Waals surface area contributed by atoms with E-state index < -0.39 is 0 Å². The molecule has 30 heavy (non-hydrogen) atoms. The van der Waals surface area contributed by atoms with Crippen molar-refractivity contribution in [2.24, 2.45) is 10.1 Å². The highest BCUT2D eigenvalue weighted by molar-refractivity contribution is 8.14. The van der Waals surface area contributed by atoms with Crippen LogP contribution in [0.2, 0.25) is 5.02 Å². The Kier molecular flexibility index (Phi) is 6.16. The van der Waals surface area contributed by atoms with Crippen molar-refractivity contribution in [3.63, 3.8) is 0 Å². The highest BCUT2D eigenvalue weighted by Crippen LogP contribution is 2.25. The van der Waals surface area contributed by atoms with Gasteiger partial charge in [-0.05, 0) is 55.8 Å². The average Bonchev–Trinajstić information content (AvgIpc) is 3.04. The summed E-state index contributed by atoms with van der Waals surface area (Å²) < 4.78 is 7.47. The van der Waals surface area contributed by atoms with Crippen molar-refractivity contribution in [3.05, 3.63) is 82.1 Å². The second kappa shape index (κ2) is 8.98. The van der Waals surface area contributed by atoms with Crippen LogP contribution in [0.15, 0.2) is 64.7 Å². The zero-order chi connectivity index (χ0) is 21.1. The monoisotopic (exact) mass is 438 g/mol. The molecule has 154 valence electrons. The maximum absolute atomic E-state index is 6.36. The fraction of sp³-hybridized carbons (Fsp3) is 0.217. The Morgan fingerprint density at radius 1 is 1.17 bits per heavy atom. The molecule has 0 spiro atoms. The van der Waals surface area contributed by atoms with Gasteiger partial charge in [0.2, 0.25) is 0 Å². The van der Waals surface area contributed by atoms with Gasteiger partial charge >= 0.3 is 0 Å². The number of aromatic nitrogens is 1. The van der Waals surface area contributed by atoms with Crippen molar-refractivity contribution in [3.8, 4) is 5.75 Å². The molecule has 0 amide bonds. The summed E-state index contributed by atoms with van der Waals surface area (Å²) in [4.78, 5) is 4.62. The van der Waals surface area contributed by atoms with E-state index in [9.17, 15) is 0 Å². The lowest BCUT2D eigenvalue weighted by Crippen LogP contribution is -2.25. The summed E-state index contributed by atoms with van der Waals surface area (Å²) in [5, 5.41) is 6.18. The summed E-state index contributed by atoms with van der Waals surface area (Å²) in [6.07, 6.45) is 0. The number of halogens is 1. The van der Waals surface area contributed by atoms with Gasteiger partial charge in [0.25, 0.3) is 0 Å². The number of benzene rings is 2. The first-order chi connectivity index (χ1) is 14.5. The molecule has 0 radical (unpaired) electrons. The van der Waals surface area contributed by atoms with Crippen LogP contribution in [0.1, 0.15) is 22.5 Å². The molecular formula is C23H23ClN4OS. The standard InChI is InChI=1S/C23H23ClN4OS/c1-15-12-20(16(2)28(15)13-17-6-4-5-7-21(17)24)22-14-30-23(27-26-22)25-18-8-10-19(29-3)11-9-18/h4-12H,13-14H2,1-3H3,(H,25,27). The van der Waals surface area contributed by atoms with Gasteiger partial charge in [-0.3, -0.25) is 5.43 Å². The third-order valence-corrected chi connectivity index (χ3v) is 6.35. The summed E-state index contributed by atoms with van der Waals surface area (Å²) in [6, 6.07) is 17.8. The van der Waals surface area contributed by atoms with Crippen LogP contribution in [0.3, 0.4) is 0 Å². The van der Waals surface area contributed by atoms with Crippen molar-refractivity contribution in [1.82, 2.24) is 9.99 Å². The SMILES string of the molecule is COc1ccc(N=C2NN=C(c3cc(C)n(Cc4ccccc4Cl)c3C)CS2)cc1. The maximum Gasteiger partial charge on any atom is 0.182 e. The quantitative estimate of drug-likeness (QED) is 0.568. The first kappa shape index (κ1) is 20.6. The molecule has 0 fully saturated rings. The largest absolute Gasteiger partial charge is 0.497 e. The fourth-order valence-corrected chi connectivity index (χ4v) is 4.39. The third-order valence-electron chi connectivity index (χ3n) is 5.11.